The lowest BCUT2D eigenvalue weighted by atomic mass is 9.89. The van der Waals surface area contributed by atoms with Gasteiger partial charge >= 0.3 is 0 Å². The van der Waals surface area contributed by atoms with Crippen LogP contribution in [-0.4, -0.2) is 26.3 Å². The van der Waals surface area contributed by atoms with Crippen LogP contribution in [0.3, 0.4) is 0 Å². The van der Waals surface area contributed by atoms with Crippen LogP contribution in [0.5, 0.6) is 0 Å². The minimum atomic E-state index is 0.870. The largest absolute Gasteiger partial charge is 0.381 e. The molecule has 2 fully saturated rings. The number of hydrogen-bond donors (Lipinski definition) is 1. The summed E-state index contributed by atoms with van der Waals surface area (Å²) in [5.74, 6) is 1.81. The molecule has 2 atom stereocenters. The first-order valence-corrected chi connectivity index (χ1v) is 5.23. The molecule has 0 radical (unpaired) electrons. The summed E-state index contributed by atoms with van der Waals surface area (Å²) in [6, 6.07) is 0. The average molecular weight is 169 g/mol. The van der Waals surface area contributed by atoms with Crippen molar-refractivity contribution in [1.82, 2.24) is 5.32 Å². The molecule has 2 saturated heterocycles. The summed E-state index contributed by atoms with van der Waals surface area (Å²) >= 11 is 0. The van der Waals surface area contributed by atoms with Gasteiger partial charge in [0.1, 0.15) is 0 Å². The summed E-state index contributed by atoms with van der Waals surface area (Å²) in [7, 11) is 0. The van der Waals surface area contributed by atoms with Crippen LogP contribution in [0.15, 0.2) is 0 Å². The molecular formula is C10H19NO. The molecule has 0 aromatic rings. The molecule has 70 valence electrons. The van der Waals surface area contributed by atoms with Gasteiger partial charge in [-0.1, -0.05) is 0 Å². The van der Waals surface area contributed by atoms with E-state index in [4.69, 9.17) is 4.74 Å². The molecule has 0 saturated carbocycles. The average Bonchev–Trinajstić information content (AvgIpc) is 2.59. The molecule has 0 spiro atoms. The Hall–Kier alpha value is -0.0800. The third-order valence-electron chi connectivity index (χ3n) is 3.09. The van der Waals surface area contributed by atoms with Crippen molar-refractivity contribution in [3.63, 3.8) is 0 Å². The Morgan fingerprint density at radius 2 is 2.25 bits per heavy atom. The number of hydrogen-bond acceptors (Lipinski definition) is 2. The van der Waals surface area contributed by atoms with Gasteiger partial charge in [0.15, 0.2) is 0 Å². The molecule has 2 nitrogen and oxygen atoms in total. The Bertz CT molecular complexity index is 126. The van der Waals surface area contributed by atoms with E-state index in [0.29, 0.717) is 0 Å². The molecule has 2 heterocycles. The Kier molecular flexibility index (Phi) is 3.01. The molecule has 12 heavy (non-hydrogen) atoms. The highest BCUT2D eigenvalue weighted by atomic mass is 16.5. The van der Waals surface area contributed by atoms with Crippen molar-refractivity contribution >= 4 is 0 Å². The Balaban J connectivity index is 1.69. The van der Waals surface area contributed by atoms with Crippen molar-refractivity contribution < 1.29 is 4.74 Å². The van der Waals surface area contributed by atoms with Crippen molar-refractivity contribution in [3.05, 3.63) is 0 Å². The van der Waals surface area contributed by atoms with Gasteiger partial charge in [-0.2, -0.15) is 0 Å². The third-order valence-corrected chi connectivity index (χ3v) is 3.09. The van der Waals surface area contributed by atoms with Gasteiger partial charge in [0.25, 0.3) is 0 Å². The van der Waals surface area contributed by atoms with E-state index in [-0.39, 0.29) is 0 Å². The van der Waals surface area contributed by atoms with Crippen LogP contribution >= 0.6 is 0 Å². The number of nitrogens with one attached hydrogen (secondary N) is 1. The molecule has 2 aliphatic heterocycles. The first kappa shape index (κ1) is 8.52. The Labute approximate surface area is 74.7 Å². The number of rotatable bonds is 2. The second-order valence-corrected chi connectivity index (χ2v) is 4.18. The maximum Gasteiger partial charge on any atom is 0.0495 e. The van der Waals surface area contributed by atoms with Crippen LogP contribution in [-0.2, 0) is 4.74 Å². The van der Waals surface area contributed by atoms with Gasteiger partial charge < -0.3 is 10.1 Å². The highest BCUT2D eigenvalue weighted by Gasteiger charge is 2.21. The molecule has 2 heteroatoms. The minimum Gasteiger partial charge on any atom is -0.381 e. The second kappa shape index (κ2) is 4.24. The predicted octanol–water partition coefficient (Wildman–Crippen LogP) is 1.41. The lowest BCUT2D eigenvalue weighted by Gasteiger charge is -2.24. The van der Waals surface area contributed by atoms with Gasteiger partial charge in [-0.05, 0) is 50.6 Å². The maximum absolute atomic E-state index is 5.38. The summed E-state index contributed by atoms with van der Waals surface area (Å²) in [5.41, 5.74) is 0. The van der Waals surface area contributed by atoms with E-state index in [1.165, 1.54) is 38.8 Å². The summed E-state index contributed by atoms with van der Waals surface area (Å²) in [6.07, 6.45) is 5.51. The molecule has 0 aliphatic carbocycles. The Morgan fingerprint density at radius 1 is 1.25 bits per heavy atom. The first-order chi connectivity index (χ1) is 5.95. The summed E-state index contributed by atoms with van der Waals surface area (Å²) in [6.45, 7) is 4.51. The van der Waals surface area contributed by atoms with Crippen LogP contribution in [0.25, 0.3) is 0 Å². The topological polar surface area (TPSA) is 21.3 Å². The summed E-state index contributed by atoms with van der Waals surface area (Å²) in [5, 5.41) is 3.47. The number of piperidine rings is 1. The SMILES string of the molecule is C1CNCC(CC2CCOC2)C1. The lowest BCUT2D eigenvalue weighted by molar-refractivity contribution is 0.177. The molecule has 2 rings (SSSR count). The molecular weight excluding hydrogens is 150 g/mol. The zero-order chi connectivity index (χ0) is 8.23. The van der Waals surface area contributed by atoms with Gasteiger partial charge in [0, 0.05) is 13.2 Å². The van der Waals surface area contributed by atoms with Crippen molar-refractivity contribution in [3.8, 4) is 0 Å². The van der Waals surface area contributed by atoms with Gasteiger partial charge in [-0.3, -0.25) is 0 Å². The third kappa shape index (κ3) is 2.20. The van der Waals surface area contributed by atoms with Crippen LogP contribution in [0.4, 0.5) is 0 Å². The molecule has 2 aliphatic rings. The van der Waals surface area contributed by atoms with E-state index < -0.39 is 0 Å². The quantitative estimate of drug-likeness (QED) is 0.675. The lowest BCUT2D eigenvalue weighted by Crippen LogP contribution is -2.31. The fourth-order valence-electron chi connectivity index (χ4n) is 2.37. The van der Waals surface area contributed by atoms with E-state index >= 15 is 0 Å². The number of ether oxygens (including phenoxy) is 1. The van der Waals surface area contributed by atoms with Gasteiger partial charge in [-0.15, -0.1) is 0 Å². The zero-order valence-electron chi connectivity index (χ0n) is 7.72. The molecule has 1 N–H and O–H groups in total. The van der Waals surface area contributed by atoms with Crippen LogP contribution in [0.1, 0.15) is 25.7 Å². The van der Waals surface area contributed by atoms with Crippen molar-refractivity contribution in [2.24, 2.45) is 11.8 Å². The predicted molar refractivity (Wildman–Crippen MR) is 49.1 cm³/mol. The highest BCUT2D eigenvalue weighted by molar-refractivity contribution is 4.74. The zero-order valence-corrected chi connectivity index (χ0v) is 7.72. The fraction of sp³-hybridized carbons (Fsp3) is 1.00. The highest BCUT2D eigenvalue weighted by Crippen LogP contribution is 2.24. The van der Waals surface area contributed by atoms with Gasteiger partial charge in [0.05, 0.1) is 0 Å². The van der Waals surface area contributed by atoms with E-state index in [0.717, 1.165) is 25.0 Å². The normalized spacial score (nSPS) is 37.0. The summed E-state index contributed by atoms with van der Waals surface area (Å²) in [4.78, 5) is 0. The monoisotopic (exact) mass is 169 g/mol. The molecule has 0 amide bonds. The van der Waals surface area contributed by atoms with Crippen molar-refractivity contribution in [2.45, 2.75) is 25.7 Å². The van der Waals surface area contributed by atoms with Crippen LogP contribution in [0, 0.1) is 11.8 Å². The molecule has 2 unspecified atom stereocenters. The van der Waals surface area contributed by atoms with Gasteiger partial charge in [-0.25, -0.2) is 0 Å². The second-order valence-electron chi connectivity index (χ2n) is 4.18. The van der Waals surface area contributed by atoms with Crippen molar-refractivity contribution in [2.75, 3.05) is 26.3 Å². The molecule has 0 aromatic heterocycles. The summed E-state index contributed by atoms with van der Waals surface area (Å²) < 4.78 is 5.38. The Morgan fingerprint density at radius 3 is 2.92 bits per heavy atom. The maximum atomic E-state index is 5.38. The van der Waals surface area contributed by atoms with Crippen LogP contribution in [0.2, 0.25) is 0 Å². The van der Waals surface area contributed by atoms with Crippen molar-refractivity contribution in [1.29, 1.82) is 0 Å². The van der Waals surface area contributed by atoms with E-state index in [1.807, 2.05) is 0 Å². The van der Waals surface area contributed by atoms with E-state index in [2.05, 4.69) is 5.32 Å². The molecule has 0 bridgehead atoms. The molecule has 0 aromatic carbocycles. The smallest absolute Gasteiger partial charge is 0.0495 e. The van der Waals surface area contributed by atoms with E-state index in [1.54, 1.807) is 0 Å². The van der Waals surface area contributed by atoms with Crippen LogP contribution < -0.4 is 5.32 Å². The minimum absolute atomic E-state index is 0.870. The standard InChI is InChI=1S/C10H19NO/c1-2-9(7-11-4-1)6-10-3-5-12-8-10/h9-11H,1-8H2. The fourth-order valence-corrected chi connectivity index (χ4v) is 2.37. The first-order valence-electron chi connectivity index (χ1n) is 5.23. The van der Waals surface area contributed by atoms with E-state index in [9.17, 15) is 0 Å². The van der Waals surface area contributed by atoms with Gasteiger partial charge in [0.2, 0.25) is 0 Å².